The first-order valence-electron chi connectivity index (χ1n) is 4.93. The summed E-state index contributed by atoms with van der Waals surface area (Å²) in [5, 5.41) is 2.63. The summed E-state index contributed by atoms with van der Waals surface area (Å²) in [4.78, 5) is 11.4. The van der Waals surface area contributed by atoms with Gasteiger partial charge < -0.3 is 10.5 Å². The zero-order valence-electron chi connectivity index (χ0n) is 9.50. The number of benzene rings is 1. The zero-order chi connectivity index (χ0) is 12.3. The van der Waals surface area contributed by atoms with Gasteiger partial charge in [0.25, 0.3) is 0 Å². The van der Waals surface area contributed by atoms with Crippen LogP contribution in [0.1, 0.15) is 19.4 Å². The fourth-order valence-electron chi connectivity index (χ4n) is 1.29. The number of ether oxygens (including phenoxy) is 1. The maximum atomic E-state index is 11.4. The molecule has 0 bridgehead atoms. The highest BCUT2D eigenvalue weighted by molar-refractivity contribution is 9.10. The Labute approximate surface area is 103 Å². The van der Waals surface area contributed by atoms with Crippen LogP contribution in [0.25, 0.3) is 0 Å². The number of amides is 1. The molecule has 1 aromatic carbocycles. The highest BCUT2D eigenvalue weighted by atomic mass is 79.9. The van der Waals surface area contributed by atoms with Gasteiger partial charge in [-0.25, -0.2) is 4.79 Å². The van der Waals surface area contributed by atoms with E-state index in [0.717, 1.165) is 10.0 Å². The number of nitrogen functional groups attached to an aromatic ring is 1. The van der Waals surface area contributed by atoms with Gasteiger partial charge in [0, 0.05) is 4.47 Å². The molecule has 4 nitrogen and oxygen atoms in total. The molecule has 0 radical (unpaired) electrons. The standard InChI is InChI=1S/C11H15BrN2O2/c1-6(2)16-11(15)14-10-7(3)4-8(12)5-9(10)13/h4-6H,13H2,1-3H3,(H,14,15). The predicted octanol–water partition coefficient (Wildman–Crippen LogP) is 3.30. The lowest BCUT2D eigenvalue weighted by molar-refractivity contribution is 0.130. The van der Waals surface area contributed by atoms with Gasteiger partial charge in [0.1, 0.15) is 0 Å². The number of hydrogen-bond acceptors (Lipinski definition) is 3. The van der Waals surface area contributed by atoms with Gasteiger partial charge in [-0.05, 0) is 38.5 Å². The fraction of sp³-hybridized carbons (Fsp3) is 0.364. The molecule has 0 aliphatic heterocycles. The number of carbonyl (C=O) groups is 1. The molecule has 1 rings (SSSR count). The average molecular weight is 287 g/mol. The number of halogens is 1. The molecular weight excluding hydrogens is 272 g/mol. The van der Waals surface area contributed by atoms with E-state index in [9.17, 15) is 4.79 Å². The third-order valence-corrected chi connectivity index (χ3v) is 2.36. The molecule has 3 N–H and O–H groups in total. The van der Waals surface area contributed by atoms with Gasteiger partial charge in [-0.3, -0.25) is 5.32 Å². The third kappa shape index (κ3) is 3.41. The van der Waals surface area contributed by atoms with E-state index in [1.165, 1.54) is 0 Å². The molecule has 0 aromatic heterocycles. The van der Waals surface area contributed by atoms with E-state index in [1.54, 1.807) is 19.9 Å². The number of hydrogen-bond donors (Lipinski definition) is 2. The van der Waals surface area contributed by atoms with E-state index in [0.29, 0.717) is 11.4 Å². The van der Waals surface area contributed by atoms with Gasteiger partial charge in [-0.15, -0.1) is 0 Å². The van der Waals surface area contributed by atoms with Gasteiger partial charge in [0.15, 0.2) is 0 Å². The van der Waals surface area contributed by atoms with Crippen molar-refractivity contribution < 1.29 is 9.53 Å². The molecule has 1 amide bonds. The Morgan fingerprint density at radius 2 is 2.12 bits per heavy atom. The van der Waals surface area contributed by atoms with Crippen LogP contribution < -0.4 is 11.1 Å². The molecule has 0 spiro atoms. The second-order valence-corrected chi connectivity index (χ2v) is 4.68. The molecular formula is C11H15BrN2O2. The summed E-state index contributed by atoms with van der Waals surface area (Å²) in [6.07, 6.45) is -0.649. The van der Waals surface area contributed by atoms with Crippen LogP contribution in [0.15, 0.2) is 16.6 Å². The van der Waals surface area contributed by atoms with E-state index >= 15 is 0 Å². The van der Waals surface area contributed by atoms with E-state index < -0.39 is 6.09 Å². The second kappa shape index (κ2) is 5.21. The molecule has 1 aromatic rings. The summed E-state index contributed by atoms with van der Waals surface area (Å²) in [6.45, 7) is 5.45. The van der Waals surface area contributed by atoms with Gasteiger partial charge in [-0.1, -0.05) is 15.9 Å². The molecule has 0 unspecified atom stereocenters. The average Bonchev–Trinajstić information content (AvgIpc) is 2.09. The Morgan fingerprint density at radius 1 is 1.50 bits per heavy atom. The molecule has 0 aliphatic carbocycles. The van der Waals surface area contributed by atoms with Gasteiger partial charge in [0.05, 0.1) is 17.5 Å². The van der Waals surface area contributed by atoms with Crippen molar-refractivity contribution in [3.8, 4) is 0 Å². The lowest BCUT2D eigenvalue weighted by Gasteiger charge is -2.13. The van der Waals surface area contributed by atoms with Crippen LogP contribution in [0.2, 0.25) is 0 Å². The lowest BCUT2D eigenvalue weighted by Crippen LogP contribution is -2.19. The summed E-state index contributed by atoms with van der Waals surface area (Å²) in [7, 11) is 0. The van der Waals surface area contributed by atoms with Crippen LogP contribution >= 0.6 is 15.9 Å². The van der Waals surface area contributed by atoms with Crippen LogP contribution in [0.4, 0.5) is 16.2 Å². The van der Waals surface area contributed by atoms with Gasteiger partial charge >= 0.3 is 6.09 Å². The van der Waals surface area contributed by atoms with Crippen molar-refractivity contribution in [2.24, 2.45) is 0 Å². The normalized spacial score (nSPS) is 10.3. The highest BCUT2D eigenvalue weighted by Gasteiger charge is 2.10. The Hall–Kier alpha value is -1.23. The van der Waals surface area contributed by atoms with E-state index in [2.05, 4.69) is 21.2 Å². The summed E-state index contributed by atoms with van der Waals surface area (Å²) in [5.74, 6) is 0. The molecule has 16 heavy (non-hydrogen) atoms. The Balaban J connectivity index is 2.85. The van der Waals surface area contributed by atoms with Crippen molar-refractivity contribution in [2.75, 3.05) is 11.1 Å². The molecule has 88 valence electrons. The van der Waals surface area contributed by atoms with E-state index in [4.69, 9.17) is 10.5 Å². The minimum Gasteiger partial charge on any atom is -0.447 e. The first-order chi connectivity index (χ1) is 7.40. The number of anilines is 2. The van der Waals surface area contributed by atoms with Crippen molar-refractivity contribution in [1.82, 2.24) is 0 Å². The quantitative estimate of drug-likeness (QED) is 0.820. The zero-order valence-corrected chi connectivity index (χ0v) is 11.1. The molecule has 0 saturated carbocycles. The van der Waals surface area contributed by atoms with Crippen LogP contribution in [0.5, 0.6) is 0 Å². The molecule has 0 atom stereocenters. The van der Waals surface area contributed by atoms with Crippen molar-refractivity contribution in [1.29, 1.82) is 0 Å². The monoisotopic (exact) mass is 286 g/mol. The van der Waals surface area contributed by atoms with Crippen LogP contribution in [-0.2, 0) is 4.74 Å². The van der Waals surface area contributed by atoms with Crippen LogP contribution in [0, 0.1) is 6.92 Å². The third-order valence-electron chi connectivity index (χ3n) is 1.90. The summed E-state index contributed by atoms with van der Waals surface area (Å²) >= 11 is 3.33. The number of aryl methyl sites for hydroxylation is 1. The number of nitrogens with two attached hydrogens (primary N) is 1. The maximum Gasteiger partial charge on any atom is 0.411 e. The van der Waals surface area contributed by atoms with E-state index in [1.807, 2.05) is 13.0 Å². The Morgan fingerprint density at radius 3 is 2.62 bits per heavy atom. The Kier molecular flexibility index (Phi) is 4.18. The highest BCUT2D eigenvalue weighted by Crippen LogP contribution is 2.27. The summed E-state index contributed by atoms with van der Waals surface area (Å²) in [5.41, 5.74) is 7.78. The number of nitrogens with one attached hydrogen (secondary N) is 1. The van der Waals surface area contributed by atoms with Crippen LogP contribution in [-0.4, -0.2) is 12.2 Å². The summed E-state index contributed by atoms with van der Waals surface area (Å²) in [6, 6.07) is 3.61. The van der Waals surface area contributed by atoms with Crippen molar-refractivity contribution in [3.05, 3.63) is 22.2 Å². The predicted molar refractivity (Wildman–Crippen MR) is 68.5 cm³/mol. The summed E-state index contributed by atoms with van der Waals surface area (Å²) < 4.78 is 5.86. The molecule has 0 heterocycles. The smallest absolute Gasteiger partial charge is 0.411 e. The van der Waals surface area contributed by atoms with Crippen molar-refractivity contribution in [2.45, 2.75) is 26.9 Å². The fourth-order valence-corrected chi connectivity index (χ4v) is 1.88. The van der Waals surface area contributed by atoms with Crippen LogP contribution in [0.3, 0.4) is 0 Å². The van der Waals surface area contributed by atoms with Gasteiger partial charge in [-0.2, -0.15) is 0 Å². The topological polar surface area (TPSA) is 64.3 Å². The molecule has 0 fully saturated rings. The first-order valence-corrected chi connectivity index (χ1v) is 5.72. The molecule has 0 saturated heterocycles. The lowest BCUT2D eigenvalue weighted by atomic mass is 10.2. The van der Waals surface area contributed by atoms with E-state index in [-0.39, 0.29) is 6.10 Å². The minimum absolute atomic E-state index is 0.156. The molecule has 5 heteroatoms. The maximum absolute atomic E-state index is 11.4. The van der Waals surface area contributed by atoms with Crippen molar-refractivity contribution >= 4 is 33.4 Å². The SMILES string of the molecule is Cc1cc(Br)cc(N)c1NC(=O)OC(C)C. The first kappa shape index (κ1) is 12.8. The van der Waals surface area contributed by atoms with Gasteiger partial charge in [0.2, 0.25) is 0 Å². The Bertz CT molecular complexity index is 382. The second-order valence-electron chi connectivity index (χ2n) is 3.77. The number of carbonyl (C=O) groups excluding carboxylic acids is 1. The van der Waals surface area contributed by atoms with Crippen molar-refractivity contribution in [3.63, 3.8) is 0 Å². The molecule has 0 aliphatic rings. The largest absolute Gasteiger partial charge is 0.447 e. The number of rotatable bonds is 2. The minimum atomic E-state index is -0.493.